The van der Waals surface area contributed by atoms with E-state index in [2.05, 4.69) is 15.2 Å². The van der Waals surface area contributed by atoms with Crippen LogP contribution in [0.4, 0.5) is 22.1 Å². The number of carbonyl (C=O) groups is 1. The zero-order chi connectivity index (χ0) is 21.2. The summed E-state index contributed by atoms with van der Waals surface area (Å²) in [6.07, 6.45) is 3.60. The molecule has 2 aliphatic rings. The topological polar surface area (TPSA) is 70.6 Å². The van der Waals surface area contributed by atoms with Gasteiger partial charge in [0.15, 0.2) is 11.6 Å². The summed E-state index contributed by atoms with van der Waals surface area (Å²) < 4.78 is 5.84. The first-order valence-corrected chi connectivity index (χ1v) is 10.7. The summed E-state index contributed by atoms with van der Waals surface area (Å²) in [6.45, 7) is 3.03. The number of halogens is 1. The lowest BCUT2D eigenvalue weighted by Gasteiger charge is -2.32. The molecule has 0 spiro atoms. The number of pyridine rings is 2. The second-order valence-electron chi connectivity index (χ2n) is 7.56. The Morgan fingerprint density at radius 1 is 1.06 bits per heavy atom. The molecule has 1 saturated heterocycles. The smallest absolute Gasteiger partial charge is 0.327 e. The van der Waals surface area contributed by atoms with Crippen LogP contribution in [0.2, 0.25) is 5.02 Å². The number of amides is 2. The molecule has 3 aromatic rings. The third-order valence-corrected chi connectivity index (χ3v) is 5.66. The van der Waals surface area contributed by atoms with Crippen molar-refractivity contribution in [3.8, 4) is 17.0 Å². The fraction of sp³-hybridized carbons (Fsp3) is 0.261. The van der Waals surface area contributed by atoms with Crippen molar-refractivity contribution < 1.29 is 9.53 Å². The minimum Gasteiger partial charge on any atom is -0.490 e. The molecule has 0 radical (unpaired) electrons. The number of urea groups is 1. The lowest BCUT2D eigenvalue weighted by Crippen LogP contribution is -2.38. The highest BCUT2D eigenvalue weighted by atomic mass is 35.5. The van der Waals surface area contributed by atoms with E-state index in [1.165, 1.54) is 6.42 Å². The van der Waals surface area contributed by atoms with Crippen LogP contribution in [-0.2, 0) is 0 Å². The quantitative estimate of drug-likeness (QED) is 0.638. The molecule has 1 fully saturated rings. The van der Waals surface area contributed by atoms with Crippen molar-refractivity contribution in [2.24, 2.45) is 0 Å². The third kappa shape index (κ3) is 4.14. The summed E-state index contributed by atoms with van der Waals surface area (Å²) in [4.78, 5) is 26.2. The maximum absolute atomic E-state index is 13.2. The molecule has 8 heteroatoms. The molecule has 5 rings (SSSR count). The molecule has 0 aliphatic carbocycles. The predicted molar refractivity (Wildman–Crippen MR) is 122 cm³/mol. The normalized spacial score (nSPS) is 15.4. The van der Waals surface area contributed by atoms with Gasteiger partial charge in [0.2, 0.25) is 0 Å². The fourth-order valence-electron chi connectivity index (χ4n) is 3.66. The highest BCUT2D eigenvalue weighted by Crippen LogP contribution is 2.33. The predicted octanol–water partition coefficient (Wildman–Crippen LogP) is 4.83. The van der Waals surface area contributed by atoms with Crippen molar-refractivity contribution in [2.75, 3.05) is 41.4 Å². The van der Waals surface area contributed by atoms with Crippen LogP contribution in [-0.4, -0.2) is 42.2 Å². The maximum Gasteiger partial charge on any atom is 0.327 e. The Kier molecular flexibility index (Phi) is 5.34. The lowest BCUT2D eigenvalue weighted by molar-refractivity contribution is 0.256. The van der Waals surface area contributed by atoms with Crippen molar-refractivity contribution in [2.45, 2.75) is 12.8 Å². The van der Waals surface area contributed by atoms with Crippen LogP contribution in [0.1, 0.15) is 12.8 Å². The number of carbonyl (C=O) groups excluding carboxylic acids is 1. The number of fused-ring (bicyclic) bond motifs is 1. The van der Waals surface area contributed by atoms with E-state index < -0.39 is 0 Å². The van der Waals surface area contributed by atoms with Gasteiger partial charge in [0, 0.05) is 48.2 Å². The van der Waals surface area contributed by atoms with Gasteiger partial charge in [-0.25, -0.2) is 14.8 Å². The van der Waals surface area contributed by atoms with Gasteiger partial charge < -0.3 is 15.0 Å². The molecule has 0 atom stereocenters. The highest BCUT2D eigenvalue weighted by Gasteiger charge is 2.25. The second-order valence-corrected chi connectivity index (χ2v) is 7.99. The van der Waals surface area contributed by atoms with Crippen LogP contribution in [0.25, 0.3) is 11.3 Å². The van der Waals surface area contributed by atoms with E-state index in [0.29, 0.717) is 41.8 Å². The standard InChI is InChI=1S/C23H22ClN5O2/c24-17-5-1-4-16(14-17)19-6-7-20-22(27-19)29(12-3-13-31-20)23(30)26-18-8-9-25-21(15-18)28-10-2-11-28/h1,4-9,14-15H,2-3,10-13H2,(H,25,26,30). The zero-order valence-corrected chi connectivity index (χ0v) is 17.7. The summed E-state index contributed by atoms with van der Waals surface area (Å²) in [6, 6.07) is 14.7. The van der Waals surface area contributed by atoms with E-state index in [-0.39, 0.29) is 6.03 Å². The van der Waals surface area contributed by atoms with Crippen molar-refractivity contribution in [1.82, 2.24) is 9.97 Å². The SMILES string of the molecule is O=C(Nc1ccnc(N2CCC2)c1)N1CCCOc2ccc(-c3cccc(Cl)c3)nc21. The molecule has 0 unspecified atom stereocenters. The molecule has 0 bridgehead atoms. The second kappa shape index (κ2) is 8.43. The lowest BCUT2D eigenvalue weighted by atomic mass is 10.1. The van der Waals surface area contributed by atoms with Crippen molar-refractivity contribution in [3.05, 3.63) is 59.8 Å². The average Bonchev–Trinajstić information content (AvgIpc) is 2.95. The van der Waals surface area contributed by atoms with Gasteiger partial charge in [-0.2, -0.15) is 0 Å². The van der Waals surface area contributed by atoms with E-state index in [1.807, 2.05) is 42.5 Å². The summed E-state index contributed by atoms with van der Waals surface area (Å²) in [5, 5.41) is 3.63. The van der Waals surface area contributed by atoms with Gasteiger partial charge in [0.25, 0.3) is 0 Å². The molecule has 0 saturated carbocycles. The Morgan fingerprint density at radius 2 is 1.97 bits per heavy atom. The number of benzene rings is 1. The maximum atomic E-state index is 13.2. The van der Waals surface area contributed by atoms with Gasteiger partial charge in [-0.15, -0.1) is 0 Å². The number of ether oxygens (including phenoxy) is 1. The van der Waals surface area contributed by atoms with Gasteiger partial charge in [-0.1, -0.05) is 23.7 Å². The number of hydrogen-bond acceptors (Lipinski definition) is 5. The largest absolute Gasteiger partial charge is 0.490 e. The number of anilines is 3. The van der Waals surface area contributed by atoms with Gasteiger partial charge in [0.05, 0.1) is 12.3 Å². The first kappa shape index (κ1) is 19.6. The van der Waals surface area contributed by atoms with Gasteiger partial charge >= 0.3 is 6.03 Å². The Bertz CT molecular complexity index is 1120. The van der Waals surface area contributed by atoms with Crippen LogP contribution < -0.4 is 19.9 Å². The molecule has 158 valence electrons. The molecule has 2 amide bonds. The van der Waals surface area contributed by atoms with E-state index >= 15 is 0 Å². The Balaban J connectivity index is 1.43. The first-order chi connectivity index (χ1) is 15.2. The van der Waals surface area contributed by atoms with Crippen molar-refractivity contribution in [1.29, 1.82) is 0 Å². The van der Waals surface area contributed by atoms with E-state index in [0.717, 1.165) is 30.2 Å². The number of rotatable bonds is 3. The molecular weight excluding hydrogens is 414 g/mol. The summed E-state index contributed by atoms with van der Waals surface area (Å²) in [5.74, 6) is 1.98. The molecule has 31 heavy (non-hydrogen) atoms. The van der Waals surface area contributed by atoms with E-state index in [4.69, 9.17) is 21.3 Å². The number of nitrogens with one attached hydrogen (secondary N) is 1. The molecule has 7 nitrogen and oxygen atoms in total. The van der Waals surface area contributed by atoms with E-state index in [1.54, 1.807) is 17.2 Å². The van der Waals surface area contributed by atoms with Gasteiger partial charge in [-0.05, 0) is 43.2 Å². The molecule has 2 aromatic heterocycles. The summed E-state index contributed by atoms with van der Waals surface area (Å²) >= 11 is 6.15. The highest BCUT2D eigenvalue weighted by molar-refractivity contribution is 6.30. The minimum absolute atomic E-state index is 0.247. The van der Waals surface area contributed by atoms with E-state index in [9.17, 15) is 4.79 Å². The molecule has 2 aliphatic heterocycles. The van der Waals surface area contributed by atoms with Crippen LogP contribution in [0.15, 0.2) is 54.7 Å². The molecule has 1 N–H and O–H groups in total. The number of hydrogen-bond donors (Lipinski definition) is 1. The van der Waals surface area contributed by atoms with Gasteiger partial charge in [0.1, 0.15) is 5.82 Å². The Labute approximate surface area is 185 Å². The van der Waals surface area contributed by atoms with Crippen LogP contribution in [0.5, 0.6) is 5.75 Å². The van der Waals surface area contributed by atoms with Crippen LogP contribution in [0.3, 0.4) is 0 Å². The minimum atomic E-state index is -0.247. The number of aromatic nitrogens is 2. The summed E-state index contributed by atoms with van der Waals surface area (Å²) in [5.41, 5.74) is 2.32. The third-order valence-electron chi connectivity index (χ3n) is 5.42. The van der Waals surface area contributed by atoms with Crippen LogP contribution >= 0.6 is 11.6 Å². The summed E-state index contributed by atoms with van der Waals surface area (Å²) in [7, 11) is 0. The monoisotopic (exact) mass is 435 g/mol. The first-order valence-electron chi connectivity index (χ1n) is 10.4. The van der Waals surface area contributed by atoms with Crippen molar-refractivity contribution in [3.63, 3.8) is 0 Å². The fourth-order valence-corrected chi connectivity index (χ4v) is 3.85. The zero-order valence-electron chi connectivity index (χ0n) is 16.9. The Morgan fingerprint density at radius 3 is 2.77 bits per heavy atom. The van der Waals surface area contributed by atoms with Crippen molar-refractivity contribution >= 4 is 35.0 Å². The van der Waals surface area contributed by atoms with Crippen LogP contribution in [0, 0.1) is 0 Å². The molecule has 1 aromatic carbocycles. The number of nitrogens with zero attached hydrogens (tertiary/aromatic N) is 4. The Hall–Kier alpha value is -3.32. The average molecular weight is 436 g/mol. The molecular formula is C23H22ClN5O2. The van der Waals surface area contributed by atoms with Gasteiger partial charge in [-0.3, -0.25) is 4.90 Å². The molecule has 4 heterocycles.